The zero-order valence-electron chi connectivity index (χ0n) is 11.8. The number of carbonyl (C=O) groups is 3. The van der Waals surface area contributed by atoms with Gasteiger partial charge >= 0.3 is 0 Å². The summed E-state index contributed by atoms with van der Waals surface area (Å²) in [5.41, 5.74) is 2.02. The van der Waals surface area contributed by atoms with Gasteiger partial charge in [0.1, 0.15) is 0 Å². The molecule has 0 aromatic heterocycles. The van der Waals surface area contributed by atoms with Crippen molar-refractivity contribution in [3.05, 3.63) is 63.6 Å². The molecule has 0 spiro atoms. The van der Waals surface area contributed by atoms with Crippen molar-refractivity contribution in [2.75, 3.05) is 4.90 Å². The highest BCUT2D eigenvalue weighted by molar-refractivity contribution is 9.10. The van der Waals surface area contributed by atoms with Crippen LogP contribution in [0.2, 0.25) is 0 Å². The van der Waals surface area contributed by atoms with E-state index in [-0.39, 0.29) is 24.0 Å². The zero-order chi connectivity index (χ0) is 15.9. The lowest BCUT2D eigenvalue weighted by Crippen LogP contribution is -2.32. The molecule has 0 aliphatic carbocycles. The van der Waals surface area contributed by atoms with Gasteiger partial charge in [0.25, 0.3) is 0 Å². The van der Waals surface area contributed by atoms with Crippen LogP contribution in [0.4, 0.5) is 5.69 Å². The molecule has 4 nitrogen and oxygen atoms in total. The molecular formula is C17H12BrNO3. The van der Waals surface area contributed by atoms with Gasteiger partial charge in [-0.3, -0.25) is 14.4 Å². The largest absolute Gasteiger partial charge is 0.289 e. The summed E-state index contributed by atoms with van der Waals surface area (Å²) in [6.45, 7) is 1.33. The molecule has 2 aromatic rings. The van der Waals surface area contributed by atoms with Crippen LogP contribution >= 0.6 is 15.9 Å². The summed E-state index contributed by atoms with van der Waals surface area (Å²) in [5, 5.41) is 0. The Morgan fingerprint density at radius 3 is 2.41 bits per heavy atom. The molecule has 0 radical (unpaired) electrons. The number of rotatable bonds is 2. The minimum atomic E-state index is -0.375. The van der Waals surface area contributed by atoms with Crippen LogP contribution < -0.4 is 4.90 Å². The molecule has 2 amide bonds. The Bertz CT molecular complexity index is 796. The number of anilines is 1. The second-order valence-electron chi connectivity index (χ2n) is 5.07. The lowest BCUT2D eigenvalue weighted by atomic mass is 9.99. The van der Waals surface area contributed by atoms with Crippen molar-refractivity contribution in [2.45, 2.75) is 13.3 Å². The number of ketones is 1. The highest BCUT2D eigenvalue weighted by atomic mass is 79.9. The minimum Gasteiger partial charge on any atom is -0.289 e. The van der Waals surface area contributed by atoms with E-state index in [1.165, 1.54) is 6.92 Å². The fraction of sp³-hybridized carbons (Fsp3) is 0.118. The van der Waals surface area contributed by atoms with Gasteiger partial charge in [0.05, 0.1) is 12.1 Å². The molecule has 1 aliphatic heterocycles. The quantitative estimate of drug-likeness (QED) is 0.776. The summed E-state index contributed by atoms with van der Waals surface area (Å²) in [7, 11) is 0. The number of fused-ring (bicyclic) bond motifs is 1. The van der Waals surface area contributed by atoms with Gasteiger partial charge < -0.3 is 0 Å². The van der Waals surface area contributed by atoms with Crippen molar-refractivity contribution in [1.82, 2.24) is 0 Å². The van der Waals surface area contributed by atoms with Crippen molar-refractivity contribution >= 4 is 39.2 Å². The third kappa shape index (κ3) is 2.37. The number of nitrogens with zero attached hydrogens (tertiary/aromatic N) is 1. The van der Waals surface area contributed by atoms with Crippen LogP contribution in [-0.2, 0) is 16.0 Å². The fourth-order valence-corrected chi connectivity index (χ4v) is 2.90. The minimum absolute atomic E-state index is 0.149. The number of amides is 2. The summed E-state index contributed by atoms with van der Waals surface area (Å²) in [5.74, 6) is -0.872. The monoisotopic (exact) mass is 357 g/mol. The number of para-hydroxylation sites is 1. The van der Waals surface area contributed by atoms with E-state index in [1.54, 1.807) is 42.5 Å². The summed E-state index contributed by atoms with van der Waals surface area (Å²) in [6, 6.07) is 12.1. The smallest absolute Gasteiger partial charge is 0.238 e. The van der Waals surface area contributed by atoms with Crippen LogP contribution in [0.25, 0.3) is 0 Å². The predicted octanol–water partition coefficient (Wildman–Crippen LogP) is 3.12. The highest BCUT2D eigenvalue weighted by Crippen LogP contribution is 2.34. The van der Waals surface area contributed by atoms with Crippen molar-refractivity contribution in [1.29, 1.82) is 0 Å². The van der Waals surface area contributed by atoms with Crippen molar-refractivity contribution in [3.63, 3.8) is 0 Å². The third-order valence-corrected chi connectivity index (χ3v) is 4.13. The molecule has 1 heterocycles. The molecule has 1 aliphatic rings. The first-order chi connectivity index (χ1) is 10.5. The summed E-state index contributed by atoms with van der Waals surface area (Å²) in [4.78, 5) is 37.6. The Labute approximate surface area is 135 Å². The Morgan fingerprint density at radius 2 is 1.77 bits per heavy atom. The molecule has 0 unspecified atom stereocenters. The normalized spacial score (nSPS) is 13.2. The Kier molecular flexibility index (Phi) is 3.66. The third-order valence-electron chi connectivity index (χ3n) is 3.60. The number of carbonyl (C=O) groups excluding carboxylic acids is 3. The summed E-state index contributed by atoms with van der Waals surface area (Å²) in [6.07, 6.45) is 0.149. The fourth-order valence-electron chi connectivity index (χ4n) is 2.64. The number of hydrogen-bond donors (Lipinski definition) is 0. The first-order valence-corrected chi connectivity index (χ1v) is 7.54. The maximum Gasteiger partial charge on any atom is 0.238 e. The van der Waals surface area contributed by atoms with E-state index in [9.17, 15) is 14.4 Å². The molecule has 0 saturated carbocycles. The van der Waals surface area contributed by atoms with Crippen LogP contribution in [0.15, 0.2) is 46.9 Å². The average molecular weight is 358 g/mol. The Hall–Kier alpha value is -2.27. The van der Waals surface area contributed by atoms with Gasteiger partial charge in [0.2, 0.25) is 11.8 Å². The van der Waals surface area contributed by atoms with E-state index in [4.69, 9.17) is 0 Å². The average Bonchev–Trinajstić information content (AvgIpc) is 2.83. The van der Waals surface area contributed by atoms with Gasteiger partial charge in [-0.15, -0.1) is 0 Å². The van der Waals surface area contributed by atoms with Crippen LogP contribution in [0, 0.1) is 0 Å². The predicted molar refractivity (Wildman–Crippen MR) is 85.9 cm³/mol. The van der Waals surface area contributed by atoms with E-state index in [0.717, 1.165) is 9.37 Å². The second kappa shape index (κ2) is 5.50. The van der Waals surface area contributed by atoms with Crippen LogP contribution in [0.5, 0.6) is 0 Å². The topological polar surface area (TPSA) is 54.5 Å². The van der Waals surface area contributed by atoms with Crippen molar-refractivity contribution in [2.24, 2.45) is 0 Å². The lowest BCUT2D eigenvalue weighted by Gasteiger charge is -2.16. The standard InChI is InChI=1S/C17H12BrNO3/c1-10(20)19-15(21)9-12-3-2-4-14(16(12)19)17(22)11-5-7-13(18)8-6-11/h2-8H,9H2,1H3. The van der Waals surface area contributed by atoms with E-state index in [2.05, 4.69) is 15.9 Å². The number of benzene rings is 2. The van der Waals surface area contributed by atoms with Gasteiger partial charge in [0.15, 0.2) is 5.78 Å². The van der Waals surface area contributed by atoms with Gasteiger partial charge in [-0.2, -0.15) is 0 Å². The SMILES string of the molecule is CC(=O)N1C(=O)Cc2cccc(C(=O)c3ccc(Br)cc3)c21. The second-order valence-corrected chi connectivity index (χ2v) is 5.99. The first kappa shape index (κ1) is 14.7. The van der Waals surface area contributed by atoms with Crippen molar-refractivity contribution in [3.8, 4) is 0 Å². The number of halogens is 1. The first-order valence-electron chi connectivity index (χ1n) is 6.74. The van der Waals surface area contributed by atoms with Gasteiger partial charge in [-0.1, -0.05) is 28.1 Å². The van der Waals surface area contributed by atoms with Gasteiger partial charge in [0, 0.05) is 22.5 Å². The molecule has 5 heteroatoms. The van der Waals surface area contributed by atoms with Crippen molar-refractivity contribution < 1.29 is 14.4 Å². The molecule has 0 N–H and O–H groups in total. The number of imide groups is 1. The molecule has 0 atom stereocenters. The van der Waals surface area contributed by atoms with E-state index >= 15 is 0 Å². The van der Waals surface area contributed by atoms with E-state index < -0.39 is 0 Å². The lowest BCUT2D eigenvalue weighted by molar-refractivity contribution is -0.124. The number of hydrogen-bond acceptors (Lipinski definition) is 3. The maximum atomic E-state index is 12.7. The van der Waals surface area contributed by atoms with Crippen LogP contribution in [-0.4, -0.2) is 17.6 Å². The maximum absolute atomic E-state index is 12.7. The molecule has 0 saturated heterocycles. The van der Waals surface area contributed by atoms with Gasteiger partial charge in [-0.25, -0.2) is 4.90 Å². The molecule has 22 heavy (non-hydrogen) atoms. The molecule has 2 aromatic carbocycles. The summed E-state index contributed by atoms with van der Waals surface area (Å²) >= 11 is 3.33. The van der Waals surface area contributed by atoms with Gasteiger partial charge in [-0.05, 0) is 35.9 Å². The van der Waals surface area contributed by atoms with Crippen LogP contribution in [0.3, 0.4) is 0 Å². The molecular weight excluding hydrogens is 346 g/mol. The van der Waals surface area contributed by atoms with E-state index in [0.29, 0.717) is 22.4 Å². The highest BCUT2D eigenvalue weighted by Gasteiger charge is 2.34. The van der Waals surface area contributed by atoms with E-state index in [1.807, 2.05) is 0 Å². The molecule has 3 rings (SSSR count). The molecule has 0 bridgehead atoms. The Balaban J connectivity index is 2.12. The van der Waals surface area contributed by atoms with Crippen LogP contribution in [0.1, 0.15) is 28.4 Å². The Morgan fingerprint density at radius 1 is 1.09 bits per heavy atom. The summed E-state index contributed by atoms with van der Waals surface area (Å²) < 4.78 is 0.878. The molecule has 110 valence electrons. The zero-order valence-corrected chi connectivity index (χ0v) is 13.4. The molecule has 0 fully saturated rings.